The van der Waals surface area contributed by atoms with Crippen LogP contribution < -0.4 is 51.4 Å². The van der Waals surface area contributed by atoms with E-state index in [0.717, 1.165) is 5.56 Å². The molecule has 0 spiro atoms. The molecule has 0 aliphatic heterocycles. The fourth-order valence-corrected chi connectivity index (χ4v) is 1.20. The molecule has 0 aliphatic carbocycles. The summed E-state index contributed by atoms with van der Waals surface area (Å²) in [4.78, 5) is 3.80. The van der Waals surface area contributed by atoms with E-state index in [2.05, 4.69) is 4.98 Å². The molecule has 0 radical (unpaired) electrons. The van der Waals surface area contributed by atoms with Gasteiger partial charge in [0.15, 0.2) is 0 Å². The van der Waals surface area contributed by atoms with Gasteiger partial charge in [0.25, 0.3) is 0 Å². The van der Waals surface area contributed by atoms with Crippen LogP contribution >= 0.6 is 0 Å². The summed E-state index contributed by atoms with van der Waals surface area (Å²) in [6.07, 6.45) is 2.05. The van der Waals surface area contributed by atoms with Crippen molar-refractivity contribution in [2.75, 3.05) is 0 Å². The smallest absolute Gasteiger partial charge is 0.449 e. The normalized spacial score (nSPS) is 11.3. The first kappa shape index (κ1) is 15.6. The molecule has 0 aliphatic rings. The van der Waals surface area contributed by atoms with Crippen molar-refractivity contribution in [3.05, 3.63) is 29.6 Å². The number of hydrogen-bond donors (Lipinski definition) is 0. The third-order valence-electron chi connectivity index (χ3n) is 1.95. The summed E-state index contributed by atoms with van der Waals surface area (Å²) in [5.74, 6) is 0.211. The van der Waals surface area contributed by atoms with Gasteiger partial charge in [-0.25, -0.2) is 0 Å². The molecule has 0 saturated carbocycles. The summed E-state index contributed by atoms with van der Waals surface area (Å²) in [6, 6.07) is 1.58. The van der Waals surface area contributed by atoms with Crippen LogP contribution in [0.15, 0.2) is 18.5 Å². The zero-order valence-corrected chi connectivity index (χ0v) is 12.3. The Labute approximate surface area is 130 Å². The van der Waals surface area contributed by atoms with Gasteiger partial charge in [0.1, 0.15) is 0 Å². The van der Waals surface area contributed by atoms with Crippen LogP contribution in [-0.4, -0.2) is 12.0 Å². The standard InChI is InChI=1S/C9H12BF3N.K/c1-7(2)9-3-8(5-14-6-9)4-10(11,12)13;/h3,5-7H,4H2,1-2H3;/q-1;+1. The molecule has 1 aromatic heterocycles. The first-order valence-corrected chi connectivity index (χ1v) is 4.53. The van der Waals surface area contributed by atoms with Crippen LogP contribution in [0.25, 0.3) is 0 Å². The van der Waals surface area contributed by atoms with Crippen molar-refractivity contribution < 1.29 is 64.3 Å². The topological polar surface area (TPSA) is 12.9 Å². The number of halogens is 3. The second-order valence-electron chi connectivity index (χ2n) is 3.70. The molecule has 0 unspecified atom stereocenters. The largest absolute Gasteiger partial charge is 1.00 e. The average Bonchev–Trinajstić information content (AvgIpc) is 2.01. The Balaban J connectivity index is 0.00000196. The maximum Gasteiger partial charge on any atom is 1.00 e. The van der Waals surface area contributed by atoms with Crippen molar-refractivity contribution >= 4 is 6.98 Å². The number of hydrogen-bond acceptors (Lipinski definition) is 1. The zero-order chi connectivity index (χ0) is 10.8. The third-order valence-corrected chi connectivity index (χ3v) is 1.95. The molecule has 0 N–H and O–H groups in total. The molecule has 1 rings (SSSR count). The van der Waals surface area contributed by atoms with Crippen molar-refractivity contribution in [3.8, 4) is 0 Å². The predicted molar refractivity (Wildman–Crippen MR) is 51.1 cm³/mol. The van der Waals surface area contributed by atoms with E-state index in [1.165, 1.54) is 6.20 Å². The number of pyridine rings is 1. The van der Waals surface area contributed by atoms with Gasteiger partial charge in [0.05, 0.1) is 0 Å². The summed E-state index contributed by atoms with van der Waals surface area (Å²) in [5.41, 5.74) is 1.10. The molecule has 6 heteroatoms. The Morgan fingerprint density at radius 2 is 1.87 bits per heavy atom. The van der Waals surface area contributed by atoms with E-state index in [9.17, 15) is 12.9 Å². The number of aromatic nitrogens is 1. The third kappa shape index (κ3) is 6.06. The van der Waals surface area contributed by atoms with Crippen molar-refractivity contribution in [1.82, 2.24) is 4.98 Å². The maximum atomic E-state index is 12.1. The average molecular weight is 241 g/mol. The molecule has 78 valence electrons. The molecule has 15 heavy (non-hydrogen) atoms. The van der Waals surface area contributed by atoms with Crippen LogP contribution in [0.4, 0.5) is 12.9 Å². The van der Waals surface area contributed by atoms with Gasteiger partial charge in [-0.05, 0) is 11.5 Å². The minimum absolute atomic E-state index is 0. The first-order valence-electron chi connectivity index (χ1n) is 4.53. The van der Waals surface area contributed by atoms with Gasteiger partial charge >= 0.3 is 58.4 Å². The van der Waals surface area contributed by atoms with Crippen molar-refractivity contribution in [1.29, 1.82) is 0 Å². The van der Waals surface area contributed by atoms with Gasteiger partial charge in [-0.2, -0.15) is 0 Å². The summed E-state index contributed by atoms with van der Waals surface area (Å²) in [7, 11) is 0. The van der Waals surface area contributed by atoms with Crippen LogP contribution in [0.1, 0.15) is 30.9 Å². The fourth-order valence-electron chi connectivity index (χ4n) is 1.20. The van der Waals surface area contributed by atoms with Gasteiger partial charge in [-0.3, -0.25) is 4.98 Å². The molecule has 0 bridgehead atoms. The SMILES string of the molecule is CC(C)c1cncc(C[B-](F)(F)F)c1.[K+]. The van der Waals surface area contributed by atoms with Gasteiger partial charge in [-0.1, -0.05) is 31.8 Å². The van der Waals surface area contributed by atoms with Crippen LogP contribution in [0.3, 0.4) is 0 Å². The van der Waals surface area contributed by atoms with E-state index in [4.69, 9.17) is 0 Å². The molecular formula is C9H12BF3KN. The van der Waals surface area contributed by atoms with E-state index >= 15 is 0 Å². The molecule has 0 amide bonds. The van der Waals surface area contributed by atoms with Gasteiger partial charge in [0, 0.05) is 12.4 Å². The molecule has 1 heterocycles. The summed E-state index contributed by atoms with van der Waals surface area (Å²) in [6.45, 7) is -0.898. The van der Waals surface area contributed by atoms with Gasteiger partial charge in [0.2, 0.25) is 0 Å². The zero-order valence-electron chi connectivity index (χ0n) is 9.17. The first-order chi connectivity index (χ1) is 6.38. The Kier molecular flexibility index (Phi) is 6.67. The van der Waals surface area contributed by atoms with Crippen molar-refractivity contribution in [3.63, 3.8) is 0 Å². The molecule has 0 saturated heterocycles. The van der Waals surface area contributed by atoms with Crippen LogP contribution in [0.5, 0.6) is 0 Å². The molecule has 0 atom stereocenters. The van der Waals surface area contributed by atoms with E-state index in [0.29, 0.717) is 0 Å². The predicted octanol–water partition coefficient (Wildman–Crippen LogP) is 0.138. The van der Waals surface area contributed by atoms with Crippen LogP contribution in [0.2, 0.25) is 0 Å². The summed E-state index contributed by atoms with van der Waals surface area (Å²) >= 11 is 0. The second kappa shape index (κ2) is 6.39. The molecular weight excluding hydrogens is 229 g/mol. The summed E-state index contributed by atoms with van der Waals surface area (Å²) in [5, 5.41) is 0. The van der Waals surface area contributed by atoms with E-state index in [-0.39, 0.29) is 62.9 Å². The maximum absolute atomic E-state index is 12.1. The van der Waals surface area contributed by atoms with Crippen molar-refractivity contribution in [2.24, 2.45) is 0 Å². The minimum Gasteiger partial charge on any atom is -0.449 e. The van der Waals surface area contributed by atoms with Crippen molar-refractivity contribution in [2.45, 2.75) is 26.1 Å². The van der Waals surface area contributed by atoms with Crippen LogP contribution in [0, 0.1) is 0 Å². The Morgan fingerprint density at radius 1 is 1.27 bits per heavy atom. The van der Waals surface area contributed by atoms with E-state index in [1.54, 1.807) is 12.3 Å². The Bertz CT molecular complexity index is 314. The molecule has 0 fully saturated rings. The summed E-state index contributed by atoms with van der Waals surface area (Å²) < 4.78 is 36.3. The number of nitrogens with zero attached hydrogens (tertiary/aromatic N) is 1. The van der Waals surface area contributed by atoms with E-state index < -0.39 is 13.3 Å². The van der Waals surface area contributed by atoms with Gasteiger partial charge in [-0.15, -0.1) is 0 Å². The Hall–Kier alpha value is 0.641. The second-order valence-corrected chi connectivity index (χ2v) is 3.70. The quantitative estimate of drug-likeness (QED) is 0.686. The van der Waals surface area contributed by atoms with Crippen LogP contribution in [-0.2, 0) is 6.32 Å². The fraction of sp³-hybridized carbons (Fsp3) is 0.444. The molecule has 1 aromatic rings. The molecule has 1 nitrogen and oxygen atoms in total. The monoisotopic (exact) mass is 241 g/mol. The Morgan fingerprint density at radius 3 is 2.33 bits per heavy atom. The molecule has 0 aromatic carbocycles. The minimum atomic E-state index is -4.76. The number of rotatable bonds is 3. The van der Waals surface area contributed by atoms with E-state index in [1.807, 2.05) is 13.8 Å². The van der Waals surface area contributed by atoms with Gasteiger partial charge < -0.3 is 12.9 Å².